The molecule has 0 spiro atoms. The van der Waals surface area contributed by atoms with Crippen molar-refractivity contribution in [3.63, 3.8) is 0 Å². The molecule has 0 fully saturated rings. The molecule has 0 heterocycles. The topological polar surface area (TPSA) is 53.7 Å². The minimum absolute atomic E-state index is 0.531. The predicted molar refractivity (Wildman–Crippen MR) is 67.6 cm³/mol. The van der Waals surface area contributed by atoms with Crippen molar-refractivity contribution in [1.82, 2.24) is 0 Å². The van der Waals surface area contributed by atoms with Gasteiger partial charge in [0.25, 0.3) is 0 Å². The van der Waals surface area contributed by atoms with Crippen molar-refractivity contribution in [3.8, 4) is 11.5 Å². The van der Waals surface area contributed by atoms with Gasteiger partial charge in [0.2, 0.25) is 0 Å². The van der Waals surface area contributed by atoms with Crippen molar-refractivity contribution in [3.05, 3.63) is 23.3 Å². The Balaban J connectivity index is 3.12. The van der Waals surface area contributed by atoms with E-state index in [9.17, 15) is 0 Å². The molecular formula is C13H21NO3. The summed E-state index contributed by atoms with van der Waals surface area (Å²) < 4.78 is 16.0. The molecule has 1 aromatic carbocycles. The van der Waals surface area contributed by atoms with Crippen molar-refractivity contribution in [2.24, 2.45) is 5.73 Å². The van der Waals surface area contributed by atoms with E-state index < -0.39 is 0 Å². The Labute approximate surface area is 103 Å². The molecule has 0 unspecified atom stereocenters. The fourth-order valence-corrected chi connectivity index (χ4v) is 1.89. The number of benzene rings is 1. The highest BCUT2D eigenvalue weighted by molar-refractivity contribution is 5.50. The molecule has 0 aliphatic carbocycles. The van der Waals surface area contributed by atoms with Gasteiger partial charge in [-0.15, -0.1) is 0 Å². The Kier molecular flexibility index (Phi) is 5.80. The third-order valence-corrected chi connectivity index (χ3v) is 2.65. The Morgan fingerprint density at radius 2 is 1.88 bits per heavy atom. The van der Waals surface area contributed by atoms with Crippen LogP contribution in [0, 0.1) is 0 Å². The minimum Gasteiger partial charge on any atom is -0.496 e. The van der Waals surface area contributed by atoms with Gasteiger partial charge in [0.05, 0.1) is 20.8 Å². The van der Waals surface area contributed by atoms with Gasteiger partial charge in [-0.2, -0.15) is 0 Å². The zero-order chi connectivity index (χ0) is 12.7. The van der Waals surface area contributed by atoms with E-state index >= 15 is 0 Å². The molecule has 0 aliphatic rings. The molecule has 0 aliphatic heterocycles. The smallest absolute Gasteiger partial charge is 0.131 e. The van der Waals surface area contributed by atoms with Crippen LogP contribution < -0.4 is 15.2 Å². The van der Waals surface area contributed by atoms with Gasteiger partial charge in [0.15, 0.2) is 0 Å². The van der Waals surface area contributed by atoms with E-state index in [-0.39, 0.29) is 0 Å². The second-order valence-corrected chi connectivity index (χ2v) is 3.76. The van der Waals surface area contributed by atoms with Crippen LogP contribution in [0.5, 0.6) is 11.5 Å². The quantitative estimate of drug-likeness (QED) is 0.787. The van der Waals surface area contributed by atoms with Crippen LogP contribution in [0.25, 0.3) is 0 Å². The predicted octanol–water partition coefficient (Wildman–Crippen LogP) is 1.74. The van der Waals surface area contributed by atoms with E-state index in [1.807, 2.05) is 12.1 Å². The molecule has 0 aromatic heterocycles. The van der Waals surface area contributed by atoms with Gasteiger partial charge in [-0.25, -0.2) is 0 Å². The lowest BCUT2D eigenvalue weighted by Gasteiger charge is -2.16. The average molecular weight is 239 g/mol. The summed E-state index contributed by atoms with van der Waals surface area (Å²) in [6.07, 6.45) is 1.75. The molecule has 0 radical (unpaired) electrons. The first-order chi connectivity index (χ1) is 8.28. The number of hydrogen-bond donors (Lipinski definition) is 1. The first-order valence-electron chi connectivity index (χ1n) is 5.70. The molecule has 4 nitrogen and oxygen atoms in total. The highest BCUT2D eigenvalue weighted by Crippen LogP contribution is 2.33. The van der Waals surface area contributed by atoms with Crippen LogP contribution in [-0.2, 0) is 17.8 Å². The SMILES string of the molecule is COCc1ccc(OC)c(CCCN)c1OC. The summed E-state index contributed by atoms with van der Waals surface area (Å²) in [6.45, 7) is 1.18. The van der Waals surface area contributed by atoms with E-state index in [1.165, 1.54) is 0 Å². The molecule has 1 aromatic rings. The highest BCUT2D eigenvalue weighted by Gasteiger charge is 2.14. The van der Waals surface area contributed by atoms with E-state index in [0.29, 0.717) is 13.2 Å². The zero-order valence-electron chi connectivity index (χ0n) is 10.8. The molecule has 2 N–H and O–H groups in total. The number of ether oxygens (including phenoxy) is 3. The Morgan fingerprint density at radius 3 is 2.41 bits per heavy atom. The second-order valence-electron chi connectivity index (χ2n) is 3.76. The van der Waals surface area contributed by atoms with E-state index in [1.54, 1.807) is 21.3 Å². The maximum atomic E-state index is 5.55. The molecule has 0 atom stereocenters. The number of rotatable bonds is 7. The molecule has 0 amide bonds. The summed E-state index contributed by atoms with van der Waals surface area (Å²) >= 11 is 0. The molecule has 4 heteroatoms. The second kappa shape index (κ2) is 7.14. The molecule has 1 rings (SSSR count). The first kappa shape index (κ1) is 13.8. The molecule has 96 valence electrons. The van der Waals surface area contributed by atoms with E-state index in [0.717, 1.165) is 35.5 Å². The molecule has 17 heavy (non-hydrogen) atoms. The zero-order valence-corrected chi connectivity index (χ0v) is 10.8. The molecule has 0 saturated carbocycles. The highest BCUT2D eigenvalue weighted by atomic mass is 16.5. The molecular weight excluding hydrogens is 218 g/mol. The van der Waals surface area contributed by atoms with Gasteiger partial charge in [-0.05, 0) is 31.5 Å². The summed E-state index contributed by atoms with van der Waals surface area (Å²) in [7, 11) is 5.00. The average Bonchev–Trinajstić information content (AvgIpc) is 2.36. The van der Waals surface area contributed by atoms with Crippen LogP contribution in [0.2, 0.25) is 0 Å². The summed E-state index contributed by atoms with van der Waals surface area (Å²) in [5, 5.41) is 0. The third-order valence-electron chi connectivity index (χ3n) is 2.65. The van der Waals surface area contributed by atoms with Crippen LogP contribution in [0.1, 0.15) is 17.5 Å². The lowest BCUT2D eigenvalue weighted by molar-refractivity contribution is 0.181. The number of nitrogens with two attached hydrogens (primary N) is 1. The standard InChI is InChI=1S/C13H21NO3/c1-15-9-10-6-7-12(16-2)11(5-4-8-14)13(10)17-3/h6-7H,4-5,8-9,14H2,1-3H3. The molecule has 0 saturated heterocycles. The van der Waals surface area contributed by atoms with E-state index in [4.69, 9.17) is 19.9 Å². The Hall–Kier alpha value is -1.26. The van der Waals surface area contributed by atoms with Crippen LogP contribution in [0.3, 0.4) is 0 Å². The van der Waals surface area contributed by atoms with Crippen LogP contribution in [0.4, 0.5) is 0 Å². The number of hydrogen-bond acceptors (Lipinski definition) is 4. The van der Waals surface area contributed by atoms with Crippen molar-refractivity contribution >= 4 is 0 Å². The normalized spacial score (nSPS) is 10.4. The minimum atomic E-state index is 0.531. The summed E-state index contributed by atoms with van der Waals surface area (Å²) in [5.74, 6) is 1.69. The monoisotopic (exact) mass is 239 g/mol. The van der Waals surface area contributed by atoms with Gasteiger partial charge in [0, 0.05) is 18.2 Å². The Bertz CT molecular complexity index is 353. The maximum Gasteiger partial charge on any atom is 0.131 e. The van der Waals surface area contributed by atoms with Crippen molar-refractivity contribution < 1.29 is 14.2 Å². The fraction of sp³-hybridized carbons (Fsp3) is 0.538. The maximum absolute atomic E-state index is 5.55. The molecule has 0 bridgehead atoms. The van der Waals surface area contributed by atoms with Crippen LogP contribution in [0.15, 0.2) is 12.1 Å². The fourth-order valence-electron chi connectivity index (χ4n) is 1.89. The van der Waals surface area contributed by atoms with Crippen LogP contribution in [-0.4, -0.2) is 27.9 Å². The largest absolute Gasteiger partial charge is 0.496 e. The van der Waals surface area contributed by atoms with Gasteiger partial charge < -0.3 is 19.9 Å². The number of methoxy groups -OCH3 is 3. The summed E-state index contributed by atoms with van der Waals surface area (Å²) in [6, 6.07) is 3.91. The first-order valence-corrected chi connectivity index (χ1v) is 5.70. The summed E-state index contributed by atoms with van der Waals surface area (Å²) in [4.78, 5) is 0. The van der Waals surface area contributed by atoms with Gasteiger partial charge in [-0.3, -0.25) is 0 Å². The van der Waals surface area contributed by atoms with Crippen molar-refractivity contribution in [1.29, 1.82) is 0 Å². The lowest BCUT2D eigenvalue weighted by Crippen LogP contribution is -2.05. The third kappa shape index (κ3) is 3.35. The van der Waals surface area contributed by atoms with E-state index in [2.05, 4.69) is 0 Å². The van der Waals surface area contributed by atoms with Gasteiger partial charge >= 0.3 is 0 Å². The van der Waals surface area contributed by atoms with Gasteiger partial charge in [-0.1, -0.05) is 0 Å². The Morgan fingerprint density at radius 1 is 1.12 bits per heavy atom. The lowest BCUT2D eigenvalue weighted by atomic mass is 10.0. The van der Waals surface area contributed by atoms with Crippen molar-refractivity contribution in [2.75, 3.05) is 27.9 Å². The summed E-state index contributed by atoms with van der Waals surface area (Å²) in [5.41, 5.74) is 7.65. The van der Waals surface area contributed by atoms with Crippen LogP contribution >= 0.6 is 0 Å². The van der Waals surface area contributed by atoms with Crippen molar-refractivity contribution in [2.45, 2.75) is 19.4 Å². The van der Waals surface area contributed by atoms with Gasteiger partial charge in [0.1, 0.15) is 11.5 Å².